The number of nitrogens with zero attached hydrogens (tertiary/aromatic N) is 2. The van der Waals surface area contributed by atoms with Crippen LogP contribution >= 0.6 is 0 Å². The maximum Gasteiger partial charge on any atom is 0.276 e. The van der Waals surface area contributed by atoms with Gasteiger partial charge in [-0.15, -0.1) is 0 Å². The van der Waals surface area contributed by atoms with Crippen molar-refractivity contribution in [2.75, 3.05) is 19.8 Å². The van der Waals surface area contributed by atoms with E-state index in [-0.39, 0.29) is 11.9 Å². The average Bonchev–Trinajstić information content (AvgIpc) is 3.25. The first-order valence-corrected chi connectivity index (χ1v) is 7.67. The molecular weight excluding hydrogens is 294 g/mol. The smallest absolute Gasteiger partial charge is 0.276 e. The van der Waals surface area contributed by atoms with Gasteiger partial charge in [-0.3, -0.25) is 4.79 Å². The number of H-pyrrole nitrogens is 1. The largest absolute Gasteiger partial charge is 0.377 e. The van der Waals surface area contributed by atoms with E-state index in [0.717, 1.165) is 11.9 Å². The number of morpholine rings is 1. The van der Waals surface area contributed by atoms with Crippen molar-refractivity contribution in [1.29, 1.82) is 0 Å². The summed E-state index contributed by atoms with van der Waals surface area (Å²) in [6.45, 7) is 1.65. The predicted octanol–water partition coefficient (Wildman–Crippen LogP) is 2.24. The van der Waals surface area contributed by atoms with Gasteiger partial charge in [-0.1, -0.05) is 23.4 Å². The number of amides is 1. The number of aromatic nitrogens is 2. The third kappa shape index (κ3) is 2.61. The van der Waals surface area contributed by atoms with E-state index in [2.05, 4.69) is 22.3 Å². The molecule has 1 N–H and O–H groups in total. The number of para-hydroxylation sites is 1. The van der Waals surface area contributed by atoms with Crippen molar-refractivity contribution in [1.82, 2.24) is 15.0 Å². The minimum absolute atomic E-state index is 0.00726. The summed E-state index contributed by atoms with van der Waals surface area (Å²) in [6, 6.07) is 9.76. The monoisotopic (exact) mass is 311 g/mol. The van der Waals surface area contributed by atoms with Crippen LogP contribution in [0.3, 0.4) is 0 Å². The van der Waals surface area contributed by atoms with Gasteiger partial charge in [0.2, 0.25) is 0 Å². The second-order valence-corrected chi connectivity index (χ2v) is 5.68. The number of ether oxygens (including phenoxy) is 1. The number of aromatic amines is 1. The minimum Gasteiger partial charge on any atom is -0.377 e. The highest BCUT2D eigenvalue weighted by Crippen LogP contribution is 2.22. The van der Waals surface area contributed by atoms with Crippen LogP contribution in [0.5, 0.6) is 0 Å². The average molecular weight is 311 g/mol. The number of nitrogens with one attached hydrogen (secondary N) is 1. The normalized spacial score (nSPS) is 18.4. The predicted molar refractivity (Wildman–Crippen MR) is 84.1 cm³/mol. The molecule has 1 atom stereocenters. The van der Waals surface area contributed by atoms with Gasteiger partial charge in [-0.05, 0) is 18.1 Å². The molecule has 0 spiro atoms. The topological polar surface area (TPSA) is 71.4 Å². The summed E-state index contributed by atoms with van der Waals surface area (Å²) < 4.78 is 10.4. The number of benzene rings is 1. The number of fused-ring (bicyclic) bond motifs is 1. The summed E-state index contributed by atoms with van der Waals surface area (Å²) in [5.74, 6) is -0.105. The van der Waals surface area contributed by atoms with Gasteiger partial charge in [0.1, 0.15) is 6.26 Å². The fourth-order valence-corrected chi connectivity index (χ4v) is 3.12. The Balaban J connectivity index is 1.59. The van der Waals surface area contributed by atoms with Crippen molar-refractivity contribution in [2.45, 2.75) is 12.5 Å². The third-order valence-corrected chi connectivity index (χ3v) is 4.28. The summed E-state index contributed by atoms with van der Waals surface area (Å²) in [7, 11) is 0. The summed E-state index contributed by atoms with van der Waals surface area (Å²) >= 11 is 0. The van der Waals surface area contributed by atoms with E-state index in [0.29, 0.717) is 25.5 Å². The number of carbonyl (C=O) groups is 1. The van der Waals surface area contributed by atoms with Crippen molar-refractivity contribution in [3.8, 4) is 0 Å². The van der Waals surface area contributed by atoms with Gasteiger partial charge in [-0.2, -0.15) is 0 Å². The lowest BCUT2D eigenvalue weighted by Gasteiger charge is -2.35. The SMILES string of the molecule is O=C(c1ccon1)N1CCOCC1Cc1c[nH]c2ccccc12. The van der Waals surface area contributed by atoms with Gasteiger partial charge in [0, 0.05) is 29.7 Å². The molecule has 1 amide bonds. The van der Waals surface area contributed by atoms with Gasteiger partial charge in [0.05, 0.1) is 19.3 Å². The van der Waals surface area contributed by atoms with Crippen LogP contribution in [0.1, 0.15) is 16.1 Å². The molecule has 118 valence electrons. The lowest BCUT2D eigenvalue weighted by molar-refractivity contribution is -0.00205. The van der Waals surface area contributed by atoms with Crippen molar-refractivity contribution in [3.05, 3.63) is 54.0 Å². The van der Waals surface area contributed by atoms with E-state index in [1.807, 2.05) is 23.2 Å². The van der Waals surface area contributed by atoms with E-state index < -0.39 is 0 Å². The van der Waals surface area contributed by atoms with E-state index in [1.165, 1.54) is 17.2 Å². The molecular formula is C17H17N3O3. The van der Waals surface area contributed by atoms with E-state index in [4.69, 9.17) is 9.26 Å². The van der Waals surface area contributed by atoms with Crippen molar-refractivity contribution < 1.29 is 14.1 Å². The summed E-state index contributed by atoms with van der Waals surface area (Å²) in [5.41, 5.74) is 2.64. The summed E-state index contributed by atoms with van der Waals surface area (Å²) in [5, 5.41) is 4.95. The fourth-order valence-electron chi connectivity index (χ4n) is 3.12. The maximum absolute atomic E-state index is 12.6. The number of hydrogen-bond acceptors (Lipinski definition) is 4. The molecule has 0 radical (unpaired) electrons. The molecule has 4 rings (SSSR count). The minimum atomic E-state index is -0.105. The molecule has 6 heteroatoms. The number of rotatable bonds is 3. The molecule has 6 nitrogen and oxygen atoms in total. The Morgan fingerprint density at radius 2 is 2.26 bits per heavy atom. The van der Waals surface area contributed by atoms with Crippen LogP contribution in [0.2, 0.25) is 0 Å². The molecule has 0 bridgehead atoms. The Kier molecular flexibility index (Phi) is 3.59. The van der Waals surface area contributed by atoms with Crippen LogP contribution < -0.4 is 0 Å². The quantitative estimate of drug-likeness (QED) is 0.805. The molecule has 2 aromatic heterocycles. The van der Waals surface area contributed by atoms with Gasteiger partial charge >= 0.3 is 0 Å². The highest BCUT2D eigenvalue weighted by atomic mass is 16.5. The van der Waals surface area contributed by atoms with Gasteiger partial charge in [-0.25, -0.2) is 0 Å². The Hall–Kier alpha value is -2.60. The first kappa shape index (κ1) is 14.0. The molecule has 3 aromatic rings. The summed E-state index contributed by atoms with van der Waals surface area (Å²) in [6.07, 6.45) is 4.17. The number of hydrogen-bond donors (Lipinski definition) is 1. The van der Waals surface area contributed by atoms with Gasteiger partial charge in [0.25, 0.3) is 5.91 Å². The Morgan fingerprint density at radius 3 is 3.13 bits per heavy atom. The maximum atomic E-state index is 12.6. The fraction of sp³-hybridized carbons (Fsp3) is 0.294. The highest BCUT2D eigenvalue weighted by Gasteiger charge is 2.30. The second-order valence-electron chi connectivity index (χ2n) is 5.68. The van der Waals surface area contributed by atoms with Gasteiger partial charge in [0.15, 0.2) is 5.69 Å². The Morgan fingerprint density at radius 1 is 1.35 bits per heavy atom. The van der Waals surface area contributed by atoms with E-state index in [1.54, 1.807) is 6.07 Å². The van der Waals surface area contributed by atoms with Crippen molar-refractivity contribution >= 4 is 16.8 Å². The van der Waals surface area contributed by atoms with Crippen LogP contribution in [0, 0.1) is 0 Å². The molecule has 1 fully saturated rings. The first-order valence-electron chi connectivity index (χ1n) is 7.67. The van der Waals surface area contributed by atoms with Crippen molar-refractivity contribution in [3.63, 3.8) is 0 Å². The van der Waals surface area contributed by atoms with Crippen LogP contribution in [0.4, 0.5) is 0 Å². The van der Waals surface area contributed by atoms with Crippen molar-refractivity contribution in [2.24, 2.45) is 0 Å². The molecule has 1 unspecified atom stereocenters. The molecule has 1 saturated heterocycles. The molecule has 0 aliphatic carbocycles. The molecule has 3 heterocycles. The molecule has 1 aliphatic heterocycles. The Bertz CT molecular complexity index is 809. The second kappa shape index (κ2) is 5.89. The summed E-state index contributed by atoms with van der Waals surface area (Å²) in [4.78, 5) is 17.7. The van der Waals surface area contributed by atoms with Crippen LogP contribution in [0.15, 0.2) is 47.3 Å². The van der Waals surface area contributed by atoms with Crippen LogP contribution in [-0.2, 0) is 11.2 Å². The third-order valence-electron chi connectivity index (χ3n) is 4.28. The molecule has 0 saturated carbocycles. The van der Waals surface area contributed by atoms with Gasteiger partial charge < -0.3 is 19.1 Å². The lowest BCUT2D eigenvalue weighted by Crippen LogP contribution is -2.49. The lowest BCUT2D eigenvalue weighted by atomic mass is 10.0. The van der Waals surface area contributed by atoms with E-state index >= 15 is 0 Å². The first-order chi connectivity index (χ1) is 11.3. The zero-order valence-electron chi connectivity index (χ0n) is 12.6. The van der Waals surface area contributed by atoms with Crippen LogP contribution in [0.25, 0.3) is 10.9 Å². The molecule has 1 aliphatic rings. The standard InChI is InChI=1S/C17H17N3O3/c21-17(16-5-7-23-19-16)20-6-8-22-11-13(20)9-12-10-18-15-4-2-1-3-14(12)15/h1-5,7,10,13,18H,6,8-9,11H2. The molecule has 1 aromatic carbocycles. The Labute approximate surface area is 133 Å². The zero-order valence-corrected chi connectivity index (χ0v) is 12.6. The van der Waals surface area contributed by atoms with Crippen LogP contribution in [-0.4, -0.2) is 46.7 Å². The highest BCUT2D eigenvalue weighted by molar-refractivity contribution is 5.92. The molecule has 23 heavy (non-hydrogen) atoms. The van der Waals surface area contributed by atoms with E-state index in [9.17, 15) is 4.79 Å². The zero-order chi connectivity index (χ0) is 15.6. The number of carbonyl (C=O) groups excluding carboxylic acids is 1.